The summed E-state index contributed by atoms with van der Waals surface area (Å²) in [4.78, 5) is 0.891. The summed E-state index contributed by atoms with van der Waals surface area (Å²) in [6, 6.07) is 5.82. The maximum Gasteiger partial charge on any atom is 0.244 e. The summed E-state index contributed by atoms with van der Waals surface area (Å²) < 4.78 is 40.7. The molecule has 21 heavy (non-hydrogen) atoms. The van der Waals surface area contributed by atoms with Crippen molar-refractivity contribution in [1.29, 1.82) is 0 Å². The van der Waals surface area contributed by atoms with Crippen molar-refractivity contribution in [2.24, 2.45) is 0 Å². The highest BCUT2D eigenvalue weighted by Crippen LogP contribution is 2.32. The second-order valence-corrected chi connectivity index (χ2v) is 9.49. The summed E-state index contributed by atoms with van der Waals surface area (Å²) in [5, 5.41) is 0.209. The standard InChI is InChI=1S/C13H12BrClFNO2S2/c1-8-12(6-13(14)20-8)21(18,19)17(2)7-9-10(15)4-3-5-11(9)16/h3-6H,7H2,1-2H3. The molecule has 1 heterocycles. The van der Waals surface area contributed by atoms with E-state index in [1.54, 1.807) is 13.0 Å². The molecule has 2 aromatic rings. The van der Waals surface area contributed by atoms with Gasteiger partial charge in [0.15, 0.2) is 0 Å². The van der Waals surface area contributed by atoms with Gasteiger partial charge in [-0.05, 0) is 41.1 Å². The van der Waals surface area contributed by atoms with Crippen LogP contribution in [0, 0.1) is 12.7 Å². The van der Waals surface area contributed by atoms with Gasteiger partial charge in [0.05, 0.1) is 8.68 Å². The van der Waals surface area contributed by atoms with E-state index in [0.29, 0.717) is 4.88 Å². The van der Waals surface area contributed by atoms with Crippen LogP contribution in [-0.2, 0) is 16.6 Å². The molecule has 8 heteroatoms. The first-order valence-corrected chi connectivity index (χ1v) is 9.31. The number of halogens is 3. The molecule has 1 aromatic heterocycles. The minimum Gasteiger partial charge on any atom is -0.207 e. The fourth-order valence-corrected chi connectivity index (χ4v) is 5.59. The van der Waals surface area contributed by atoms with Gasteiger partial charge in [-0.15, -0.1) is 11.3 Å². The van der Waals surface area contributed by atoms with E-state index >= 15 is 0 Å². The quantitative estimate of drug-likeness (QED) is 0.745. The number of sulfonamides is 1. The molecule has 0 bridgehead atoms. The zero-order chi connectivity index (χ0) is 15.8. The molecule has 114 valence electrons. The molecular formula is C13H12BrClFNO2S2. The van der Waals surface area contributed by atoms with Crippen LogP contribution in [0.3, 0.4) is 0 Å². The highest BCUT2D eigenvalue weighted by atomic mass is 79.9. The Kier molecular flexibility index (Phi) is 5.10. The molecule has 0 saturated carbocycles. The van der Waals surface area contributed by atoms with Crippen LogP contribution in [0.2, 0.25) is 5.02 Å². The molecule has 0 saturated heterocycles. The van der Waals surface area contributed by atoms with Crippen molar-refractivity contribution in [3.8, 4) is 0 Å². The Balaban J connectivity index is 2.36. The van der Waals surface area contributed by atoms with Crippen LogP contribution >= 0.6 is 38.9 Å². The third kappa shape index (κ3) is 3.48. The second-order valence-electron chi connectivity index (χ2n) is 4.43. The van der Waals surface area contributed by atoms with Gasteiger partial charge in [-0.3, -0.25) is 0 Å². The minimum atomic E-state index is -3.69. The lowest BCUT2D eigenvalue weighted by Crippen LogP contribution is -2.27. The van der Waals surface area contributed by atoms with Crippen molar-refractivity contribution in [3.05, 3.63) is 49.3 Å². The van der Waals surface area contributed by atoms with E-state index in [4.69, 9.17) is 11.6 Å². The molecule has 0 radical (unpaired) electrons. The number of benzene rings is 1. The van der Waals surface area contributed by atoms with Gasteiger partial charge in [-0.1, -0.05) is 17.7 Å². The largest absolute Gasteiger partial charge is 0.244 e. The molecule has 1 aromatic carbocycles. The average Bonchev–Trinajstić information content (AvgIpc) is 2.73. The molecular weight excluding hydrogens is 401 g/mol. The Hall–Kier alpha value is -0.470. The Morgan fingerprint density at radius 2 is 2.10 bits per heavy atom. The normalized spacial score (nSPS) is 12.1. The first-order chi connectivity index (χ1) is 9.73. The van der Waals surface area contributed by atoms with E-state index < -0.39 is 15.8 Å². The number of rotatable bonds is 4. The van der Waals surface area contributed by atoms with Gasteiger partial charge in [0.2, 0.25) is 10.0 Å². The van der Waals surface area contributed by atoms with Crippen LogP contribution in [0.25, 0.3) is 0 Å². The number of thiophene rings is 1. The summed E-state index contributed by atoms with van der Waals surface area (Å²) in [7, 11) is -2.29. The molecule has 0 aliphatic carbocycles. The summed E-state index contributed by atoms with van der Waals surface area (Å²) in [6.07, 6.45) is 0. The summed E-state index contributed by atoms with van der Waals surface area (Å²) >= 11 is 10.5. The van der Waals surface area contributed by atoms with Crippen molar-refractivity contribution in [3.63, 3.8) is 0 Å². The van der Waals surface area contributed by atoms with E-state index in [1.807, 2.05) is 0 Å². The first kappa shape index (κ1) is 16.9. The number of hydrogen-bond donors (Lipinski definition) is 0. The predicted molar refractivity (Wildman–Crippen MR) is 86.8 cm³/mol. The van der Waals surface area contributed by atoms with Crippen LogP contribution in [0.1, 0.15) is 10.4 Å². The Morgan fingerprint density at radius 3 is 2.62 bits per heavy atom. The molecule has 0 fully saturated rings. The minimum absolute atomic E-state index is 0.124. The second kappa shape index (κ2) is 6.34. The smallest absolute Gasteiger partial charge is 0.207 e. The third-order valence-corrected chi connectivity index (χ3v) is 6.94. The average molecular weight is 413 g/mol. The van der Waals surface area contributed by atoms with E-state index in [0.717, 1.165) is 8.09 Å². The summed E-state index contributed by atoms with van der Waals surface area (Å²) in [5.74, 6) is -0.521. The van der Waals surface area contributed by atoms with Crippen molar-refractivity contribution >= 4 is 48.9 Å². The van der Waals surface area contributed by atoms with Crippen molar-refractivity contribution in [2.45, 2.75) is 18.4 Å². The van der Waals surface area contributed by atoms with Crippen molar-refractivity contribution < 1.29 is 12.8 Å². The van der Waals surface area contributed by atoms with Crippen LogP contribution in [-0.4, -0.2) is 19.8 Å². The lowest BCUT2D eigenvalue weighted by Gasteiger charge is -2.18. The van der Waals surface area contributed by atoms with Gasteiger partial charge in [-0.25, -0.2) is 12.8 Å². The van der Waals surface area contributed by atoms with Gasteiger partial charge in [0.1, 0.15) is 5.82 Å². The monoisotopic (exact) mass is 411 g/mol. The van der Waals surface area contributed by atoms with Crippen LogP contribution in [0.5, 0.6) is 0 Å². The maximum absolute atomic E-state index is 13.8. The Bertz CT molecular complexity index is 756. The maximum atomic E-state index is 13.8. The molecule has 3 nitrogen and oxygen atoms in total. The predicted octanol–water partition coefficient (Wildman–Crippen LogP) is 4.43. The van der Waals surface area contributed by atoms with Crippen LogP contribution in [0.4, 0.5) is 4.39 Å². The third-order valence-electron chi connectivity index (χ3n) is 2.97. The number of hydrogen-bond acceptors (Lipinski definition) is 3. The lowest BCUT2D eigenvalue weighted by atomic mass is 10.2. The molecule has 0 unspecified atom stereocenters. The van der Waals surface area contributed by atoms with E-state index in [2.05, 4.69) is 15.9 Å². The molecule has 0 atom stereocenters. The van der Waals surface area contributed by atoms with Crippen molar-refractivity contribution in [1.82, 2.24) is 4.31 Å². The lowest BCUT2D eigenvalue weighted by molar-refractivity contribution is 0.456. The molecule has 0 spiro atoms. The fourth-order valence-electron chi connectivity index (χ4n) is 1.85. The zero-order valence-electron chi connectivity index (χ0n) is 11.2. The van der Waals surface area contributed by atoms with Gasteiger partial charge >= 0.3 is 0 Å². The topological polar surface area (TPSA) is 37.4 Å². The zero-order valence-corrected chi connectivity index (χ0v) is 15.2. The number of nitrogens with zero attached hydrogens (tertiary/aromatic N) is 1. The SMILES string of the molecule is Cc1sc(Br)cc1S(=O)(=O)N(C)Cc1c(F)cccc1Cl. The molecule has 0 aliphatic heterocycles. The van der Waals surface area contributed by atoms with Crippen LogP contribution < -0.4 is 0 Å². The molecule has 0 aliphatic rings. The van der Waals surface area contributed by atoms with Crippen molar-refractivity contribution in [2.75, 3.05) is 7.05 Å². The fraction of sp³-hybridized carbons (Fsp3) is 0.231. The van der Waals surface area contributed by atoms with E-state index in [9.17, 15) is 12.8 Å². The van der Waals surface area contributed by atoms with E-state index in [1.165, 1.54) is 36.6 Å². The molecule has 2 rings (SSSR count). The van der Waals surface area contributed by atoms with Crippen LogP contribution in [0.15, 0.2) is 32.9 Å². The Labute approximate surface area is 140 Å². The number of aryl methyl sites for hydroxylation is 1. The molecule has 0 N–H and O–H groups in total. The highest BCUT2D eigenvalue weighted by Gasteiger charge is 2.26. The first-order valence-electron chi connectivity index (χ1n) is 5.88. The highest BCUT2D eigenvalue weighted by molar-refractivity contribution is 9.11. The van der Waals surface area contributed by atoms with Gasteiger partial charge < -0.3 is 0 Å². The van der Waals surface area contributed by atoms with Gasteiger partial charge in [-0.2, -0.15) is 4.31 Å². The molecule has 0 amide bonds. The summed E-state index contributed by atoms with van der Waals surface area (Å²) in [6.45, 7) is 1.60. The van der Waals surface area contributed by atoms with Gasteiger partial charge in [0, 0.05) is 29.1 Å². The van der Waals surface area contributed by atoms with Gasteiger partial charge in [0.25, 0.3) is 0 Å². The van der Waals surface area contributed by atoms with E-state index in [-0.39, 0.29) is 22.0 Å². The Morgan fingerprint density at radius 1 is 1.43 bits per heavy atom. The summed E-state index contributed by atoms with van der Waals surface area (Å²) in [5.41, 5.74) is 0.164.